The number of amides is 1. The first-order valence-electron chi connectivity index (χ1n) is 11.0. The molecule has 0 unspecified atom stereocenters. The van der Waals surface area contributed by atoms with Crippen LogP contribution in [0.1, 0.15) is 27.6 Å². The lowest BCUT2D eigenvalue weighted by molar-refractivity contribution is -0.129. The fraction of sp³-hybridized carbons (Fsp3) is 0.107. The molecule has 36 heavy (non-hydrogen) atoms. The van der Waals surface area contributed by atoms with Gasteiger partial charge >= 0.3 is 5.97 Å². The largest absolute Gasteiger partial charge is 0.493 e. The van der Waals surface area contributed by atoms with Crippen molar-refractivity contribution in [3.05, 3.63) is 102 Å². The minimum atomic E-state index is -1.38. The Labute approximate surface area is 207 Å². The Kier molecular flexibility index (Phi) is 7.57. The first-order valence-corrected chi connectivity index (χ1v) is 11.0. The third kappa shape index (κ3) is 5.34. The van der Waals surface area contributed by atoms with Crippen molar-refractivity contribution in [2.75, 3.05) is 14.2 Å². The highest BCUT2D eigenvalue weighted by Crippen LogP contribution is 2.30. The van der Waals surface area contributed by atoms with E-state index in [-0.39, 0.29) is 11.3 Å². The first kappa shape index (κ1) is 24.4. The predicted molar refractivity (Wildman–Crippen MR) is 136 cm³/mol. The van der Waals surface area contributed by atoms with Crippen LogP contribution in [0.25, 0.3) is 10.8 Å². The second-order valence-corrected chi connectivity index (χ2v) is 7.71. The number of aliphatic hydroxyl groups excluding tert-OH is 1. The zero-order valence-corrected chi connectivity index (χ0v) is 19.7. The van der Waals surface area contributed by atoms with Gasteiger partial charge in [-0.15, -0.1) is 0 Å². The molecule has 0 aromatic heterocycles. The van der Waals surface area contributed by atoms with Gasteiger partial charge in [0.2, 0.25) is 0 Å². The normalized spacial score (nSPS) is 11.8. The van der Waals surface area contributed by atoms with Crippen LogP contribution in [0.4, 0.5) is 0 Å². The van der Waals surface area contributed by atoms with Gasteiger partial charge in [0.15, 0.2) is 17.6 Å². The van der Waals surface area contributed by atoms with Crippen LogP contribution in [0.2, 0.25) is 0 Å². The summed E-state index contributed by atoms with van der Waals surface area (Å²) >= 11 is 0. The Morgan fingerprint density at radius 2 is 1.56 bits per heavy atom. The molecule has 0 aliphatic carbocycles. The maximum Gasteiger partial charge on any atom is 0.343 e. The van der Waals surface area contributed by atoms with E-state index in [1.807, 2.05) is 30.3 Å². The number of hydrogen-bond donors (Lipinski definition) is 2. The average Bonchev–Trinajstić information content (AvgIpc) is 2.93. The molecule has 2 N–H and O–H groups in total. The van der Waals surface area contributed by atoms with E-state index < -0.39 is 18.0 Å². The second-order valence-electron chi connectivity index (χ2n) is 7.71. The standard InChI is InChI=1S/C28H24N2O6/c1-34-24-15-13-20(16-25(24)35-2)28(33)36-23-14-12-18-8-6-7-11-21(18)22(23)17-29-30-27(32)26(31)19-9-4-3-5-10-19/h3-17,26,31H,1-2H3,(H,30,32)/b29-17-/t26-/m1/s1. The molecule has 182 valence electrons. The number of hydrazone groups is 1. The minimum absolute atomic E-state index is 0.245. The number of nitrogens with one attached hydrogen (secondary N) is 1. The molecule has 0 aliphatic heterocycles. The van der Waals surface area contributed by atoms with Gasteiger partial charge in [-0.2, -0.15) is 5.10 Å². The van der Waals surface area contributed by atoms with Crippen LogP contribution in [0, 0.1) is 0 Å². The third-order valence-corrected chi connectivity index (χ3v) is 5.48. The third-order valence-electron chi connectivity index (χ3n) is 5.48. The lowest BCUT2D eigenvalue weighted by Crippen LogP contribution is -2.25. The first-order chi connectivity index (χ1) is 17.5. The number of ether oxygens (including phenoxy) is 3. The lowest BCUT2D eigenvalue weighted by atomic mass is 10.0. The Bertz CT molecular complexity index is 1420. The van der Waals surface area contributed by atoms with Crippen molar-refractivity contribution in [2.45, 2.75) is 6.10 Å². The van der Waals surface area contributed by atoms with Crippen LogP contribution in [0.3, 0.4) is 0 Å². The molecule has 1 amide bonds. The van der Waals surface area contributed by atoms with Crippen LogP contribution in [0.5, 0.6) is 17.2 Å². The molecule has 0 saturated heterocycles. The van der Waals surface area contributed by atoms with E-state index >= 15 is 0 Å². The molecule has 4 rings (SSSR count). The number of carbonyl (C=O) groups excluding carboxylic acids is 2. The molecule has 4 aromatic rings. The van der Waals surface area contributed by atoms with E-state index in [1.165, 1.54) is 26.5 Å². The van der Waals surface area contributed by atoms with Crippen LogP contribution < -0.4 is 19.6 Å². The van der Waals surface area contributed by atoms with Gasteiger partial charge in [0, 0.05) is 5.56 Å². The number of rotatable bonds is 8. The zero-order valence-electron chi connectivity index (χ0n) is 19.7. The highest BCUT2D eigenvalue weighted by atomic mass is 16.5. The summed E-state index contributed by atoms with van der Waals surface area (Å²) < 4.78 is 16.2. The molecular weight excluding hydrogens is 460 g/mol. The number of nitrogens with zero attached hydrogens (tertiary/aromatic N) is 1. The Hall–Kier alpha value is -4.69. The van der Waals surface area contributed by atoms with Gasteiger partial charge in [0.25, 0.3) is 5.91 Å². The fourth-order valence-electron chi connectivity index (χ4n) is 3.63. The summed E-state index contributed by atoms with van der Waals surface area (Å²) in [5.74, 6) is -0.172. The topological polar surface area (TPSA) is 106 Å². The summed E-state index contributed by atoms with van der Waals surface area (Å²) in [5, 5.41) is 15.9. The van der Waals surface area contributed by atoms with Crippen molar-refractivity contribution in [2.24, 2.45) is 5.10 Å². The maximum atomic E-state index is 12.9. The van der Waals surface area contributed by atoms with Gasteiger partial charge in [0.1, 0.15) is 5.75 Å². The van der Waals surface area contributed by atoms with E-state index in [1.54, 1.807) is 48.5 Å². The highest BCUT2D eigenvalue weighted by molar-refractivity contribution is 6.04. The molecule has 0 aliphatic rings. The number of fused-ring (bicyclic) bond motifs is 1. The van der Waals surface area contributed by atoms with E-state index in [0.717, 1.165) is 10.8 Å². The average molecular weight is 485 g/mol. The number of carbonyl (C=O) groups is 2. The van der Waals surface area contributed by atoms with Crippen molar-refractivity contribution in [3.8, 4) is 17.2 Å². The van der Waals surface area contributed by atoms with Gasteiger partial charge < -0.3 is 19.3 Å². The van der Waals surface area contributed by atoms with Crippen LogP contribution >= 0.6 is 0 Å². The van der Waals surface area contributed by atoms with Gasteiger partial charge in [0.05, 0.1) is 26.0 Å². The number of hydrogen-bond acceptors (Lipinski definition) is 7. The van der Waals surface area contributed by atoms with Gasteiger partial charge in [-0.25, -0.2) is 10.2 Å². The summed E-state index contributed by atoms with van der Waals surface area (Å²) in [5.41, 5.74) is 3.54. The summed E-state index contributed by atoms with van der Waals surface area (Å²) in [6.45, 7) is 0. The second kappa shape index (κ2) is 11.2. The van der Waals surface area contributed by atoms with Crippen LogP contribution in [-0.2, 0) is 4.79 Å². The molecule has 0 bridgehead atoms. The van der Waals surface area contributed by atoms with Gasteiger partial charge in [-0.3, -0.25) is 4.79 Å². The molecule has 0 saturated carbocycles. The Morgan fingerprint density at radius 3 is 2.31 bits per heavy atom. The zero-order chi connectivity index (χ0) is 25.5. The summed E-state index contributed by atoms with van der Waals surface area (Å²) in [7, 11) is 2.99. The molecule has 0 fully saturated rings. The molecule has 0 radical (unpaired) electrons. The molecule has 0 spiro atoms. The van der Waals surface area contributed by atoms with E-state index in [4.69, 9.17) is 14.2 Å². The lowest BCUT2D eigenvalue weighted by Gasteiger charge is -2.12. The van der Waals surface area contributed by atoms with Crippen molar-refractivity contribution < 1.29 is 28.9 Å². The van der Waals surface area contributed by atoms with Crippen LogP contribution in [0.15, 0.2) is 90.0 Å². The SMILES string of the molecule is COc1ccc(C(=O)Oc2ccc3ccccc3c2/C=N\NC(=O)[C@H](O)c2ccccc2)cc1OC. The van der Waals surface area contributed by atoms with Crippen molar-refractivity contribution in [1.29, 1.82) is 0 Å². The van der Waals surface area contributed by atoms with Crippen molar-refractivity contribution in [1.82, 2.24) is 5.43 Å². The predicted octanol–water partition coefficient (Wildman–Crippen LogP) is 4.26. The van der Waals surface area contributed by atoms with E-state index in [9.17, 15) is 14.7 Å². The monoisotopic (exact) mass is 484 g/mol. The molecule has 4 aromatic carbocycles. The highest BCUT2D eigenvalue weighted by Gasteiger charge is 2.18. The number of methoxy groups -OCH3 is 2. The fourth-order valence-corrected chi connectivity index (χ4v) is 3.63. The molecule has 1 atom stereocenters. The molecule has 0 heterocycles. The van der Waals surface area contributed by atoms with Crippen molar-refractivity contribution in [3.63, 3.8) is 0 Å². The minimum Gasteiger partial charge on any atom is -0.493 e. The van der Waals surface area contributed by atoms with Gasteiger partial charge in [-0.1, -0.05) is 60.7 Å². The number of aliphatic hydroxyl groups is 1. The van der Waals surface area contributed by atoms with E-state index in [0.29, 0.717) is 22.6 Å². The van der Waals surface area contributed by atoms with Crippen molar-refractivity contribution >= 4 is 28.9 Å². The molecule has 8 nitrogen and oxygen atoms in total. The maximum absolute atomic E-state index is 12.9. The van der Waals surface area contributed by atoms with E-state index in [2.05, 4.69) is 10.5 Å². The molecule has 8 heteroatoms. The van der Waals surface area contributed by atoms with Crippen LogP contribution in [-0.4, -0.2) is 37.4 Å². The summed E-state index contributed by atoms with van der Waals surface area (Å²) in [6.07, 6.45) is 0.00744. The Morgan fingerprint density at radius 1 is 0.861 bits per heavy atom. The summed E-state index contributed by atoms with van der Waals surface area (Å²) in [6, 6.07) is 24.2. The number of esters is 1. The molecular formula is C28H24N2O6. The smallest absolute Gasteiger partial charge is 0.343 e. The van der Waals surface area contributed by atoms with Gasteiger partial charge in [-0.05, 0) is 40.6 Å². The summed E-state index contributed by atoms with van der Waals surface area (Å²) in [4.78, 5) is 25.3. The Balaban J connectivity index is 1.60. The number of benzene rings is 4. The quantitative estimate of drug-likeness (QED) is 0.168.